The standard InChI is InChI=1S/C14H18O3/c1-4-13(15)10(2)8-14(11-9-12(11,13)3)16-6-5-7-17-14/h1,8,11,15H,5-7,9H2,2-3H3. The molecule has 0 aromatic heterocycles. The van der Waals surface area contributed by atoms with Crippen molar-refractivity contribution in [3.63, 3.8) is 0 Å². The van der Waals surface area contributed by atoms with Gasteiger partial charge < -0.3 is 14.6 Å². The second-order valence-corrected chi connectivity index (χ2v) is 5.63. The Morgan fingerprint density at radius 2 is 2.12 bits per heavy atom. The molecule has 3 heteroatoms. The monoisotopic (exact) mass is 234 g/mol. The number of rotatable bonds is 0. The maximum absolute atomic E-state index is 10.6. The van der Waals surface area contributed by atoms with Crippen LogP contribution in [0.4, 0.5) is 0 Å². The summed E-state index contributed by atoms with van der Waals surface area (Å²) >= 11 is 0. The third kappa shape index (κ3) is 1.18. The molecule has 1 aliphatic heterocycles. The van der Waals surface area contributed by atoms with Crippen molar-refractivity contribution < 1.29 is 14.6 Å². The quantitative estimate of drug-likeness (QED) is 0.509. The van der Waals surface area contributed by atoms with Crippen LogP contribution >= 0.6 is 0 Å². The highest BCUT2D eigenvalue weighted by molar-refractivity contribution is 5.43. The molecule has 3 nitrogen and oxygen atoms in total. The minimum absolute atomic E-state index is 0.167. The first-order valence-corrected chi connectivity index (χ1v) is 6.16. The van der Waals surface area contributed by atoms with Crippen LogP contribution in [0, 0.1) is 23.7 Å². The maximum atomic E-state index is 10.6. The topological polar surface area (TPSA) is 38.7 Å². The van der Waals surface area contributed by atoms with Gasteiger partial charge in [-0.15, -0.1) is 6.42 Å². The van der Waals surface area contributed by atoms with E-state index in [-0.39, 0.29) is 11.3 Å². The van der Waals surface area contributed by atoms with Crippen molar-refractivity contribution >= 4 is 0 Å². The van der Waals surface area contributed by atoms with Crippen LogP contribution in [0.25, 0.3) is 0 Å². The van der Waals surface area contributed by atoms with Gasteiger partial charge in [0.15, 0.2) is 11.4 Å². The summed E-state index contributed by atoms with van der Waals surface area (Å²) in [5.41, 5.74) is -0.677. The predicted octanol–water partition coefficient (Wildman–Crippen LogP) is 1.47. The Labute approximate surface area is 102 Å². The third-order valence-electron chi connectivity index (χ3n) is 4.69. The lowest BCUT2D eigenvalue weighted by atomic mass is 9.73. The molecule has 92 valence electrons. The molecule has 0 bridgehead atoms. The molecule has 0 amide bonds. The first kappa shape index (κ1) is 11.3. The van der Waals surface area contributed by atoms with Crippen molar-refractivity contribution in [1.29, 1.82) is 0 Å². The zero-order chi connectivity index (χ0) is 12.3. The Kier molecular flexibility index (Phi) is 2.08. The SMILES string of the molecule is C#CC1(O)C(C)=CC2(OCCCO2)C2CC21C. The first-order chi connectivity index (χ1) is 7.98. The van der Waals surface area contributed by atoms with Crippen molar-refractivity contribution in [3.8, 4) is 12.3 Å². The van der Waals surface area contributed by atoms with E-state index >= 15 is 0 Å². The number of hydrogen-bond acceptors (Lipinski definition) is 3. The van der Waals surface area contributed by atoms with Crippen molar-refractivity contribution in [2.45, 2.75) is 38.1 Å². The average Bonchev–Trinajstić information content (AvgIpc) is 3.03. The molecule has 3 unspecified atom stereocenters. The second kappa shape index (κ2) is 3.14. The van der Waals surface area contributed by atoms with Crippen LogP contribution in [0.3, 0.4) is 0 Å². The average molecular weight is 234 g/mol. The van der Waals surface area contributed by atoms with Gasteiger partial charge in [0, 0.05) is 11.3 Å². The summed E-state index contributed by atoms with van der Waals surface area (Å²) in [7, 11) is 0. The smallest absolute Gasteiger partial charge is 0.191 e. The number of terminal acetylenes is 1. The van der Waals surface area contributed by atoms with E-state index in [9.17, 15) is 5.11 Å². The van der Waals surface area contributed by atoms with Crippen molar-refractivity contribution in [2.24, 2.45) is 11.3 Å². The summed E-state index contributed by atoms with van der Waals surface area (Å²) in [6.07, 6.45) is 9.20. The van der Waals surface area contributed by atoms with E-state index in [1.807, 2.05) is 19.9 Å². The summed E-state index contributed by atoms with van der Waals surface area (Å²) in [5.74, 6) is 2.09. The molecule has 3 atom stereocenters. The molecular formula is C14H18O3. The van der Waals surface area contributed by atoms with E-state index in [0.717, 1.165) is 18.4 Å². The van der Waals surface area contributed by atoms with E-state index in [0.29, 0.717) is 13.2 Å². The molecule has 1 saturated heterocycles. The van der Waals surface area contributed by atoms with Crippen LogP contribution in [-0.2, 0) is 9.47 Å². The lowest BCUT2D eigenvalue weighted by molar-refractivity contribution is -0.259. The molecule has 1 heterocycles. The number of aliphatic hydroxyl groups is 1. The third-order valence-corrected chi connectivity index (χ3v) is 4.69. The highest BCUT2D eigenvalue weighted by Gasteiger charge is 2.73. The van der Waals surface area contributed by atoms with Crippen LogP contribution in [0.5, 0.6) is 0 Å². The molecular weight excluding hydrogens is 216 g/mol. The molecule has 3 rings (SSSR count). The van der Waals surface area contributed by atoms with Crippen LogP contribution in [0.1, 0.15) is 26.7 Å². The molecule has 17 heavy (non-hydrogen) atoms. The van der Waals surface area contributed by atoms with E-state index in [1.165, 1.54) is 0 Å². The predicted molar refractivity (Wildman–Crippen MR) is 63.0 cm³/mol. The molecule has 2 aliphatic carbocycles. The van der Waals surface area contributed by atoms with Gasteiger partial charge in [0.05, 0.1) is 13.2 Å². The molecule has 2 fully saturated rings. The van der Waals surface area contributed by atoms with Gasteiger partial charge >= 0.3 is 0 Å². The minimum atomic E-state index is -1.15. The van der Waals surface area contributed by atoms with Gasteiger partial charge in [0.1, 0.15) is 0 Å². The molecule has 0 radical (unpaired) electrons. The summed E-state index contributed by atoms with van der Waals surface area (Å²) in [5, 5.41) is 10.6. The van der Waals surface area contributed by atoms with E-state index in [1.54, 1.807) is 0 Å². The van der Waals surface area contributed by atoms with Gasteiger partial charge in [-0.2, -0.15) is 0 Å². The van der Waals surface area contributed by atoms with Gasteiger partial charge in [0.25, 0.3) is 0 Å². The van der Waals surface area contributed by atoms with Crippen LogP contribution in [0.2, 0.25) is 0 Å². The Morgan fingerprint density at radius 1 is 1.47 bits per heavy atom. The van der Waals surface area contributed by atoms with Gasteiger partial charge in [-0.25, -0.2) is 0 Å². The van der Waals surface area contributed by atoms with Crippen molar-refractivity contribution in [3.05, 3.63) is 11.6 Å². The van der Waals surface area contributed by atoms with Crippen LogP contribution in [-0.4, -0.2) is 29.7 Å². The Hall–Kier alpha value is -0.820. The molecule has 1 N–H and O–H groups in total. The number of fused-ring (bicyclic) bond motifs is 2. The maximum Gasteiger partial charge on any atom is 0.191 e. The molecule has 0 aromatic carbocycles. The Bertz CT molecular complexity index is 427. The zero-order valence-corrected chi connectivity index (χ0v) is 10.3. The molecule has 1 saturated carbocycles. The second-order valence-electron chi connectivity index (χ2n) is 5.63. The van der Waals surface area contributed by atoms with Crippen molar-refractivity contribution in [1.82, 2.24) is 0 Å². The van der Waals surface area contributed by atoms with Crippen LogP contribution in [0.15, 0.2) is 11.6 Å². The largest absolute Gasteiger partial charge is 0.373 e. The Morgan fingerprint density at radius 3 is 2.71 bits per heavy atom. The minimum Gasteiger partial charge on any atom is -0.373 e. The van der Waals surface area contributed by atoms with Gasteiger partial charge in [-0.1, -0.05) is 12.8 Å². The fraction of sp³-hybridized carbons (Fsp3) is 0.714. The molecule has 0 aromatic rings. The fourth-order valence-corrected chi connectivity index (χ4v) is 3.44. The van der Waals surface area contributed by atoms with Gasteiger partial charge in [-0.3, -0.25) is 0 Å². The van der Waals surface area contributed by atoms with Gasteiger partial charge in [-0.05, 0) is 31.4 Å². The normalized spacial score (nSPS) is 46.9. The lowest BCUT2D eigenvalue weighted by Crippen LogP contribution is -2.52. The van der Waals surface area contributed by atoms with E-state index in [4.69, 9.17) is 15.9 Å². The van der Waals surface area contributed by atoms with E-state index in [2.05, 4.69) is 5.92 Å². The number of ether oxygens (including phenoxy) is 2. The van der Waals surface area contributed by atoms with Crippen LogP contribution < -0.4 is 0 Å². The lowest BCUT2D eigenvalue weighted by Gasteiger charge is -2.44. The number of hydrogen-bond donors (Lipinski definition) is 1. The summed E-state index contributed by atoms with van der Waals surface area (Å²) < 4.78 is 11.7. The fourth-order valence-electron chi connectivity index (χ4n) is 3.44. The summed E-state index contributed by atoms with van der Waals surface area (Å²) in [4.78, 5) is 0. The molecule has 3 aliphatic rings. The zero-order valence-electron chi connectivity index (χ0n) is 10.3. The highest BCUT2D eigenvalue weighted by atomic mass is 16.7. The Balaban J connectivity index is 2.06. The van der Waals surface area contributed by atoms with E-state index < -0.39 is 11.4 Å². The first-order valence-electron chi connectivity index (χ1n) is 6.16. The molecule has 1 spiro atoms. The van der Waals surface area contributed by atoms with Gasteiger partial charge in [0.2, 0.25) is 0 Å². The summed E-state index contributed by atoms with van der Waals surface area (Å²) in [6, 6.07) is 0. The summed E-state index contributed by atoms with van der Waals surface area (Å²) in [6.45, 7) is 5.31. The highest BCUT2D eigenvalue weighted by Crippen LogP contribution is 2.69. The van der Waals surface area contributed by atoms with Crippen molar-refractivity contribution in [2.75, 3.05) is 13.2 Å².